The molecule has 0 aliphatic heterocycles. The predicted octanol–water partition coefficient (Wildman–Crippen LogP) is 3.48. The van der Waals surface area contributed by atoms with Gasteiger partial charge in [-0.15, -0.1) is 17.4 Å². The topological polar surface area (TPSA) is 47.8 Å². The van der Waals surface area contributed by atoms with Crippen LogP contribution in [0.5, 0.6) is 0 Å². The van der Waals surface area contributed by atoms with Crippen LogP contribution >= 0.6 is 0 Å². The van der Waals surface area contributed by atoms with Crippen molar-refractivity contribution in [2.75, 3.05) is 0 Å². The Labute approximate surface area is 131 Å². The van der Waals surface area contributed by atoms with Gasteiger partial charge in [-0.2, -0.15) is 0 Å². The highest BCUT2D eigenvalue weighted by Crippen LogP contribution is 2.09. The van der Waals surface area contributed by atoms with E-state index < -0.39 is 0 Å². The lowest BCUT2D eigenvalue weighted by Crippen LogP contribution is -2.00. The number of unbranched alkanes of at least 4 members (excludes halogenated alkanes) is 4. The lowest BCUT2D eigenvalue weighted by Gasteiger charge is -1.99. The van der Waals surface area contributed by atoms with Crippen molar-refractivity contribution in [1.29, 1.82) is 0 Å². The van der Waals surface area contributed by atoms with Crippen molar-refractivity contribution in [3.05, 3.63) is 47.8 Å². The minimum Gasteiger partial charge on any atom is -0.292 e. The molecule has 0 radical (unpaired) electrons. The van der Waals surface area contributed by atoms with Crippen LogP contribution in [-0.2, 0) is 6.54 Å². The molecule has 0 aliphatic carbocycles. The summed E-state index contributed by atoms with van der Waals surface area (Å²) in [6.07, 6.45) is 12.3. The van der Waals surface area contributed by atoms with Crippen LogP contribution in [0.4, 0.5) is 0 Å². The predicted molar refractivity (Wildman–Crippen MR) is 86.4 cm³/mol. The third kappa shape index (κ3) is 5.17. The zero-order valence-corrected chi connectivity index (χ0v) is 12.7. The van der Waals surface area contributed by atoms with E-state index in [9.17, 15) is 4.79 Å². The molecule has 4 heteroatoms. The lowest BCUT2D eigenvalue weighted by molar-refractivity contribution is 0.0974. The third-order valence-corrected chi connectivity index (χ3v) is 3.49. The Hall–Kier alpha value is -2.41. The van der Waals surface area contributed by atoms with E-state index in [1.54, 1.807) is 10.9 Å². The number of benzene rings is 1. The number of hydrogen-bond donors (Lipinski definition) is 0. The second-order valence-corrected chi connectivity index (χ2v) is 5.33. The average molecular weight is 295 g/mol. The summed E-state index contributed by atoms with van der Waals surface area (Å²) in [7, 11) is 0. The molecule has 0 unspecified atom stereocenters. The Kier molecular flexibility index (Phi) is 6.38. The summed E-state index contributed by atoms with van der Waals surface area (Å²) >= 11 is 0. The Bertz CT molecular complexity index is 625. The Balaban J connectivity index is 1.76. The smallest absolute Gasteiger partial charge is 0.184 e. The molecular weight excluding hydrogens is 274 g/mol. The van der Waals surface area contributed by atoms with E-state index in [0.29, 0.717) is 18.7 Å². The zero-order valence-electron chi connectivity index (χ0n) is 12.7. The number of nitrogens with zero attached hydrogens (tertiary/aromatic N) is 3. The quantitative estimate of drug-likeness (QED) is 0.404. The largest absolute Gasteiger partial charge is 0.292 e. The van der Waals surface area contributed by atoms with E-state index in [4.69, 9.17) is 6.42 Å². The van der Waals surface area contributed by atoms with Crippen molar-refractivity contribution in [3.63, 3.8) is 0 Å². The standard InChI is InChI=1S/C18H21N3O/c1-2-3-4-5-6-10-13-18(22)17-15-21(20-19-17)14-16-11-8-7-9-12-16/h1,7-9,11-12,15H,3-6,10,13-14H2. The molecule has 2 rings (SSSR count). The van der Waals surface area contributed by atoms with Crippen LogP contribution in [0.1, 0.15) is 54.6 Å². The van der Waals surface area contributed by atoms with Crippen molar-refractivity contribution < 1.29 is 4.79 Å². The van der Waals surface area contributed by atoms with Gasteiger partial charge in [-0.1, -0.05) is 48.4 Å². The fourth-order valence-electron chi connectivity index (χ4n) is 2.27. The molecule has 114 valence electrons. The van der Waals surface area contributed by atoms with Gasteiger partial charge in [0.05, 0.1) is 12.7 Å². The molecule has 0 saturated carbocycles. The maximum absolute atomic E-state index is 12.1. The molecule has 0 N–H and O–H groups in total. The maximum atomic E-state index is 12.1. The first kappa shape index (κ1) is 16.0. The number of ketones is 1. The normalized spacial score (nSPS) is 10.3. The molecule has 4 nitrogen and oxygen atoms in total. The van der Waals surface area contributed by atoms with Crippen LogP contribution in [0.15, 0.2) is 36.5 Å². The molecule has 0 saturated heterocycles. The van der Waals surface area contributed by atoms with Gasteiger partial charge in [0.25, 0.3) is 0 Å². The molecule has 2 aromatic rings. The lowest BCUT2D eigenvalue weighted by atomic mass is 10.1. The number of carbonyl (C=O) groups excluding carboxylic acids is 1. The van der Waals surface area contributed by atoms with E-state index in [1.165, 1.54) is 0 Å². The van der Waals surface area contributed by atoms with E-state index >= 15 is 0 Å². The van der Waals surface area contributed by atoms with Crippen molar-refractivity contribution in [2.24, 2.45) is 0 Å². The Morgan fingerprint density at radius 3 is 2.68 bits per heavy atom. The van der Waals surface area contributed by atoms with Crippen LogP contribution in [0.25, 0.3) is 0 Å². The van der Waals surface area contributed by atoms with Crippen molar-refractivity contribution >= 4 is 5.78 Å². The second kappa shape index (κ2) is 8.78. The molecule has 0 fully saturated rings. The van der Waals surface area contributed by atoms with Gasteiger partial charge >= 0.3 is 0 Å². The van der Waals surface area contributed by atoms with Crippen LogP contribution in [0, 0.1) is 12.3 Å². The molecule has 0 aliphatic rings. The van der Waals surface area contributed by atoms with Crippen LogP contribution in [-0.4, -0.2) is 20.8 Å². The van der Waals surface area contributed by atoms with Gasteiger partial charge in [-0.05, 0) is 18.4 Å². The number of Topliss-reactive ketones (excluding diaryl/α,β-unsaturated/α-hetero) is 1. The van der Waals surface area contributed by atoms with Gasteiger partial charge in [-0.25, -0.2) is 4.68 Å². The summed E-state index contributed by atoms with van der Waals surface area (Å²) in [5.41, 5.74) is 1.60. The summed E-state index contributed by atoms with van der Waals surface area (Å²) in [6, 6.07) is 10.00. The summed E-state index contributed by atoms with van der Waals surface area (Å²) in [5, 5.41) is 8.00. The van der Waals surface area contributed by atoms with Crippen LogP contribution in [0.2, 0.25) is 0 Å². The van der Waals surface area contributed by atoms with E-state index in [0.717, 1.165) is 37.7 Å². The minimum atomic E-state index is 0.0660. The molecule has 1 aromatic heterocycles. The van der Waals surface area contributed by atoms with Crippen LogP contribution in [0.3, 0.4) is 0 Å². The van der Waals surface area contributed by atoms with Gasteiger partial charge in [-0.3, -0.25) is 4.79 Å². The van der Waals surface area contributed by atoms with E-state index in [1.807, 2.05) is 30.3 Å². The Morgan fingerprint density at radius 2 is 1.91 bits per heavy atom. The SMILES string of the molecule is C#CCCCCCCC(=O)c1cn(Cc2ccccc2)nn1. The molecular formula is C18H21N3O. The van der Waals surface area contributed by atoms with Gasteiger partial charge in [0.2, 0.25) is 0 Å². The monoisotopic (exact) mass is 295 g/mol. The number of aromatic nitrogens is 3. The minimum absolute atomic E-state index is 0.0660. The van der Waals surface area contributed by atoms with Gasteiger partial charge in [0.1, 0.15) is 5.69 Å². The molecule has 0 spiro atoms. The highest BCUT2D eigenvalue weighted by atomic mass is 16.1. The zero-order chi connectivity index (χ0) is 15.6. The molecule has 0 amide bonds. The molecule has 1 heterocycles. The number of hydrogen-bond acceptors (Lipinski definition) is 3. The fraction of sp³-hybridized carbons (Fsp3) is 0.389. The highest BCUT2D eigenvalue weighted by molar-refractivity contribution is 5.93. The first-order valence-electron chi connectivity index (χ1n) is 7.70. The molecule has 1 aromatic carbocycles. The van der Waals surface area contributed by atoms with Crippen molar-refractivity contribution in [2.45, 2.75) is 45.1 Å². The fourth-order valence-corrected chi connectivity index (χ4v) is 2.27. The first-order chi connectivity index (χ1) is 10.8. The summed E-state index contributed by atoms with van der Waals surface area (Å²) in [6.45, 7) is 0.632. The molecule has 0 bridgehead atoms. The van der Waals surface area contributed by atoms with Gasteiger partial charge < -0.3 is 0 Å². The highest BCUT2D eigenvalue weighted by Gasteiger charge is 2.10. The third-order valence-electron chi connectivity index (χ3n) is 3.49. The van der Waals surface area contributed by atoms with E-state index in [2.05, 4.69) is 16.2 Å². The number of carbonyl (C=O) groups is 1. The average Bonchev–Trinajstić information content (AvgIpc) is 3.00. The van der Waals surface area contributed by atoms with Crippen molar-refractivity contribution in [3.8, 4) is 12.3 Å². The maximum Gasteiger partial charge on any atom is 0.184 e. The second-order valence-electron chi connectivity index (χ2n) is 5.33. The van der Waals surface area contributed by atoms with Crippen molar-refractivity contribution in [1.82, 2.24) is 15.0 Å². The van der Waals surface area contributed by atoms with Crippen LogP contribution < -0.4 is 0 Å². The Morgan fingerprint density at radius 1 is 1.14 bits per heavy atom. The molecule has 0 atom stereocenters. The summed E-state index contributed by atoms with van der Waals surface area (Å²) in [4.78, 5) is 12.1. The summed E-state index contributed by atoms with van der Waals surface area (Å²) in [5.74, 6) is 2.69. The van der Waals surface area contributed by atoms with Gasteiger partial charge in [0.15, 0.2) is 5.78 Å². The molecule has 22 heavy (non-hydrogen) atoms. The van der Waals surface area contributed by atoms with Gasteiger partial charge in [0, 0.05) is 12.8 Å². The summed E-state index contributed by atoms with van der Waals surface area (Å²) < 4.78 is 1.70. The number of terminal acetylenes is 1. The number of rotatable bonds is 9. The first-order valence-corrected chi connectivity index (χ1v) is 7.70. The van der Waals surface area contributed by atoms with E-state index in [-0.39, 0.29) is 5.78 Å².